The van der Waals surface area contributed by atoms with E-state index >= 15 is 0 Å². The average molecular weight is 388 g/mol. The molecule has 0 unspecified atom stereocenters. The van der Waals surface area contributed by atoms with Gasteiger partial charge in [0, 0.05) is 23.1 Å². The maximum absolute atomic E-state index is 13.0. The Bertz CT molecular complexity index is 941. The summed E-state index contributed by atoms with van der Waals surface area (Å²) in [7, 11) is 0. The number of esters is 1. The monoisotopic (exact) mass is 388 g/mol. The third-order valence-electron chi connectivity index (χ3n) is 3.43. The number of rotatable bonds is 7. The van der Waals surface area contributed by atoms with E-state index in [0.29, 0.717) is 16.5 Å². The van der Waals surface area contributed by atoms with Crippen LogP contribution in [0.5, 0.6) is 5.75 Å². The van der Waals surface area contributed by atoms with Crippen LogP contribution in [0.1, 0.15) is 5.69 Å². The van der Waals surface area contributed by atoms with E-state index in [4.69, 9.17) is 9.47 Å². The summed E-state index contributed by atoms with van der Waals surface area (Å²) in [5.74, 6) is -0.591. The minimum Gasteiger partial charge on any atom is -0.482 e. The van der Waals surface area contributed by atoms with Gasteiger partial charge in [0.25, 0.3) is 5.69 Å². The molecule has 1 aromatic heterocycles. The Morgan fingerprint density at radius 1 is 1.15 bits per heavy atom. The summed E-state index contributed by atoms with van der Waals surface area (Å²) in [4.78, 5) is 26.2. The maximum Gasteiger partial charge on any atom is 0.344 e. The number of hydrogen-bond donors (Lipinski definition) is 0. The Hall–Kier alpha value is -3.33. The molecule has 0 radical (unpaired) electrons. The fourth-order valence-electron chi connectivity index (χ4n) is 2.10. The van der Waals surface area contributed by atoms with Gasteiger partial charge in [-0.25, -0.2) is 14.2 Å². The summed E-state index contributed by atoms with van der Waals surface area (Å²) in [6.45, 7) is -0.340. The summed E-state index contributed by atoms with van der Waals surface area (Å²) in [6.07, 6.45) is 0. The summed E-state index contributed by atoms with van der Waals surface area (Å²) in [6, 6.07) is 11.3. The van der Waals surface area contributed by atoms with Crippen LogP contribution in [0.3, 0.4) is 0 Å². The van der Waals surface area contributed by atoms with Gasteiger partial charge in [0.05, 0.1) is 10.6 Å². The highest BCUT2D eigenvalue weighted by atomic mass is 32.1. The molecule has 0 N–H and O–H groups in total. The largest absolute Gasteiger partial charge is 0.482 e. The number of aromatic nitrogens is 1. The molecule has 27 heavy (non-hydrogen) atoms. The van der Waals surface area contributed by atoms with Gasteiger partial charge in [0.15, 0.2) is 6.61 Å². The zero-order valence-electron chi connectivity index (χ0n) is 13.8. The maximum atomic E-state index is 13.0. The molecular formula is C18H13FN2O5S. The van der Waals surface area contributed by atoms with E-state index in [9.17, 15) is 19.3 Å². The molecule has 0 atom stereocenters. The van der Waals surface area contributed by atoms with Crippen molar-refractivity contribution in [2.75, 3.05) is 6.61 Å². The van der Waals surface area contributed by atoms with Gasteiger partial charge in [-0.3, -0.25) is 10.1 Å². The van der Waals surface area contributed by atoms with Gasteiger partial charge in [0.2, 0.25) is 0 Å². The van der Waals surface area contributed by atoms with Gasteiger partial charge >= 0.3 is 5.97 Å². The topological polar surface area (TPSA) is 91.6 Å². The van der Waals surface area contributed by atoms with Crippen molar-refractivity contribution in [3.8, 4) is 16.3 Å². The third kappa shape index (κ3) is 5.08. The molecule has 3 rings (SSSR count). The molecular weight excluding hydrogens is 375 g/mol. The van der Waals surface area contributed by atoms with Crippen LogP contribution < -0.4 is 4.74 Å². The number of nitrogens with zero attached hydrogens (tertiary/aromatic N) is 2. The van der Waals surface area contributed by atoms with Gasteiger partial charge in [-0.2, -0.15) is 0 Å². The first-order chi connectivity index (χ1) is 13.0. The summed E-state index contributed by atoms with van der Waals surface area (Å²) in [5.41, 5.74) is 1.29. The van der Waals surface area contributed by atoms with Gasteiger partial charge in [0.1, 0.15) is 23.2 Å². The zero-order valence-corrected chi connectivity index (χ0v) is 14.6. The van der Waals surface area contributed by atoms with Gasteiger partial charge < -0.3 is 9.47 Å². The number of nitro groups is 1. The molecule has 0 bridgehead atoms. The Balaban J connectivity index is 1.48. The molecule has 0 aliphatic heterocycles. The highest BCUT2D eigenvalue weighted by molar-refractivity contribution is 7.13. The van der Waals surface area contributed by atoms with Crippen LogP contribution in [-0.2, 0) is 16.1 Å². The van der Waals surface area contributed by atoms with Crippen LogP contribution >= 0.6 is 11.3 Å². The van der Waals surface area contributed by atoms with Crippen LogP contribution in [-0.4, -0.2) is 22.5 Å². The number of benzene rings is 2. The molecule has 0 fully saturated rings. The summed E-state index contributed by atoms with van der Waals surface area (Å²) >= 11 is 1.36. The molecule has 0 aliphatic carbocycles. The van der Waals surface area contributed by atoms with Crippen molar-refractivity contribution in [1.82, 2.24) is 4.98 Å². The van der Waals surface area contributed by atoms with Gasteiger partial charge in [-0.15, -0.1) is 11.3 Å². The van der Waals surface area contributed by atoms with Gasteiger partial charge in [-0.05, 0) is 36.4 Å². The molecule has 0 spiro atoms. The lowest BCUT2D eigenvalue weighted by Crippen LogP contribution is -2.14. The average Bonchev–Trinajstić information content (AvgIpc) is 3.14. The predicted molar refractivity (Wildman–Crippen MR) is 95.9 cm³/mol. The first kappa shape index (κ1) is 18.5. The lowest BCUT2D eigenvalue weighted by atomic mass is 10.2. The quantitative estimate of drug-likeness (QED) is 0.345. The van der Waals surface area contributed by atoms with E-state index in [1.807, 2.05) is 0 Å². The van der Waals surface area contributed by atoms with Crippen molar-refractivity contribution in [1.29, 1.82) is 0 Å². The number of non-ortho nitro benzene ring substituents is 1. The second kappa shape index (κ2) is 8.37. The molecule has 0 saturated heterocycles. The molecule has 9 heteroatoms. The highest BCUT2D eigenvalue weighted by Gasteiger charge is 2.10. The van der Waals surface area contributed by atoms with Crippen molar-refractivity contribution in [3.05, 3.63) is 75.5 Å². The number of nitro benzene ring substituents is 1. The van der Waals surface area contributed by atoms with Crippen LogP contribution in [0, 0.1) is 15.9 Å². The zero-order chi connectivity index (χ0) is 19.2. The van der Waals surface area contributed by atoms with E-state index in [2.05, 4.69) is 4.98 Å². The molecule has 3 aromatic rings. The Morgan fingerprint density at radius 2 is 1.85 bits per heavy atom. The molecule has 2 aromatic carbocycles. The minimum atomic E-state index is -0.593. The first-order valence-corrected chi connectivity index (χ1v) is 8.62. The molecule has 138 valence electrons. The Kier molecular flexibility index (Phi) is 5.72. The van der Waals surface area contributed by atoms with Crippen molar-refractivity contribution in [3.63, 3.8) is 0 Å². The lowest BCUT2D eigenvalue weighted by molar-refractivity contribution is -0.384. The Labute approximate surface area is 157 Å². The number of ether oxygens (including phenoxy) is 2. The molecule has 0 aliphatic rings. The number of carbonyl (C=O) groups excluding carboxylic acids is 1. The number of thiazole rings is 1. The van der Waals surface area contributed by atoms with E-state index in [-0.39, 0.29) is 24.7 Å². The minimum absolute atomic E-state index is 0.0137. The SMILES string of the molecule is O=C(COc1ccc([N+](=O)[O-])cc1)OCc1csc(-c2ccc(F)cc2)n1. The third-order valence-corrected chi connectivity index (χ3v) is 4.37. The Morgan fingerprint density at radius 3 is 2.52 bits per heavy atom. The second-order valence-corrected chi connectivity index (χ2v) is 6.21. The fourth-order valence-corrected chi connectivity index (χ4v) is 2.91. The van der Waals surface area contributed by atoms with E-state index in [0.717, 1.165) is 5.56 Å². The number of hydrogen-bond acceptors (Lipinski definition) is 7. The molecule has 7 nitrogen and oxygen atoms in total. The van der Waals surface area contributed by atoms with Crippen molar-refractivity contribution in [2.45, 2.75) is 6.61 Å². The van der Waals surface area contributed by atoms with Gasteiger partial charge in [-0.1, -0.05) is 0 Å². The normalized spacial score (nSPS) is 10.4. The van der Waals surface area contributed by atoms with Crippen LogP contribution in [0.15, 0.2) is 53.9 Å². The summed E-state index contributed by atoms with van der Waals surface area (Å²) in [5, 5.41) is 13.0. The van der Waals surface area contributed by atoms with Crippen molar-refractivity contribution >= 4 is 23.0 Å². The molecule has 0 amide bonds. The van der Waals surface area contributed by atoms with Crippen LogP contribution in [0.25, 0.3) is 10.6 Å². The second-order valence-electron chi connectivity index (χ2n) is 5.35. The standard InChI is InChI=1S/C18H13FN2O5S/c19-13-3-1-12(2-4-13)18-20-14(11-27-18)9-26-17(22)10-25-16-7-5-15(6-8-16)21(23)24/h1-8,11H,9-10H2. The first-order valence-electron chi connectivity index (χ1n) is 7.74. The fraction of sp³-hybridized carbons (Fsp3) is 0.111. The van der Waals surface area contributed by atoms with E-state index < -0.39 is 10.9 Å². The highest BCUT2D eigenvalue weighted by Crippen LogP contribution is 2.24. The van der Waals surface area contributed by atoms with Crippen molar-refractivity contribution in [2.24, 2.45) is 0 Å². The van der Waals surface area contributed by atoms with E-state index in [1.54, 1.807) is 17.5 Å². The smallest absolute Gasteiger partial charge is 0.344 e. The molecule has 0 saturated carbocycles. The van der Waals surface area contributed by atoms with Crippen LogP contribution in [0.4, 0.5) is 10.1 Å². The number of halogens is 1. The number of carbonyl (C=O) groups is 1. The van der Waals surface area contributed by atoms with Crippen molar-refractivity contribution < 1.29 is 23.6 Å². The summed E-state index contributed by atoms with van der Waals surface area (Å²) < 4.78 is 23.3. The molecule has 1 heterocycles. The predicted octanol–water partition coefficient (Wildman–Crippen LogP) is 3.98. The lowest BCUT2D eigenvalue weighted by Gasteiger charge is -2.06. The van der Waals surface area contributed by atoms with E-state index in [1.165, 1.54) is 47.7 Å². The van der Waals surface area contributed by atoms with Crippen LogP contribution in [0.2, 0.25) is 0 Å².